The molecule has 1 aliphatic heterocycles. The van der Waals surface area contributed by atoms with Gasteiger partial charge in [0.05, 0.1) is 0 Å². The van der Waals surface area contributed by atoms with E-state index in [0.29, 0.717) is 5.69 Å². The molecule has 26 heavy (non-hydrogen) atoms. The molecule has 1 N–H and O–H groups in total. The topological polar surface area (TPSA) is 48.5 Å². The molecule has 1 amide bonds. The number of aromatic nitrogens is 1. The van der Waals surface area contributed by atoms with Crippen LogP contribution in [-0.4, -0.2) is 42.0 Å². The standard InChI is InChI=1S/C21H28N4O/c1-4-24(5-2)18-8-9-19(16(3)14-18)23-17-10-11-22-20(15-17)21(26)25-12-6-7-13-25/h8-11,14-15H,4-7,12-13H2,1-3H3,(H,22,23). The minimum atomic E-state index is 0.0275. The van der Waals surface area contributed by atoms with Crippen molar-refractivity contribution in [1.29, 1.82) is 0 Å². The van der Waals surface area contributed by atoms with Gasteiger partial charge in [0.15, 0.2) is 0 Å². The zero-order valence-corrected chi connectivity index (χ0v) is 16.0. The Morgan fingerprint density at radius 3 is 2.54 bits per heavy atom. The minimum Gasteiger partial charge on any atom is -0.372 e. The van der Waals surface area contributed by atoms with Gasteiger partial charge in [0, 0.05) is 49.4 Å². The summed E-state index contributed by atoms with van der Waals surface area (Å²) < 4.78 is 0. The highest BCUT2D eigenvalue weighted by atomic mass is 16.2. The van der Waals surface area contributed by atoms with Crippen molar-refractivity contribution < 1.29 is 4.79 Å². The number of anilines is 3. The Hall–Kier alpha value is -2.56. The number of likely N-dealkylation sites (tertiary alicyclic amines) is 1. The number of carbonyl (C=O) groups is 1. The highest BCUT2D eigenvalue weighted by Gasteiger charge is 2.20. The summed E-state index contributed by atoms with van der Waals surface area (Å²) in [6.07, 6.45) is 3.87. The van der Waals surface area contributed by atoms with Gasteiger partial charge in [-0.3, -0.25) is 9.78 Å². The minimum absolute atomic E-state index is 0.0275. The molecule has 1 aromatic carbocycles. The second-order valence-corrected chi connectivity index (χ2v) is 6.73. The zero-order valence-electron chi connectivity index (χ0n) is 16.0. The number of amides is 1. The third-order valence-corrected chi connectivity index (χ3v) is 4.99. The Morgan fingerprint density at radius 2 is 1.88 bits per heavy atom. The maximum Gasteiger partial charge on any atom is 0.272 e. The van der Waals surface area contributed by atoms with Crippen LogP contribution in [0.5, 0.6) is 0 Å². The summed E-state index contributed by atoms with van der Waals surface area (Å²) >= 11 is 0. The molecule has 1 aromatic heterocycles. The summed E-state index contributed by atoms with van der Waals surface area (Å²) in [5, 5.41) is 3.43. The number of nitrogens with one attached hydrogen (secondary N) is 1. The van der Waals surface area contributed by atoms with Crippen LogP contribution in [0, 0.1) is 6.92 Å². The van der Waals surface area contributed by atoms with Crippen LogP contribution in [0.1, 0.15) is 42.7 Å². The number of hydrogen-bond donors (Lipinski definition) is 1. The largest absolute Gasteiger partial charge is 0.372 e. The van der Waals surface area contributed by atoms with Gasteiger partial charge in [-0.1, -0.05) is 0 Å². The summed E-state index contributed by atoms with van der Waals surface area (Å²) in [7, 11) is 0. The van der Waals surface area contributed by atoms with E-state index in [0.717, 1.165) is 50.4 Å². The highest BCUT2D eigenvalue weighted by Crippen LogP contribution is 2.26. The number of rotatable bonds is 6. The molecule has 0 saturated carbocycles. The van der Waals surface area contributed by atoms with Gasteiger partial charge in [-0.2, -0.15) is 0 Å². The van der Waals surface area contributed by atoms with E-state index >= 15 is 0 Å². The van der Waals surface area contributed by atoms with E-state index in [1.54, 1.807) is 6.20 Å². The molecule has 0 aliphatic carbocycles. The molecule has 138 valence electrons. The number of benzene rings is 1. The third kappa shape index (κ3) is 3.98. The molecular weight excluding hydrogens is 324 g/mol. The summed E-state index contributed by atoms with van der Waals surface area (Å²) in [4.78, 5) is 21.0. The zero-order chi connectivity index (χ0) is 18.5. The maximum absolute atomic E-state index is 12.5. The van der Waals surface area contributed by atoms with Gasteiger partial charge in [0.1, 0.15) is 5.69 Å². The first-order valence-electron chi connectivity index (χ1n) is 9.50. The molecule has 1 saturated heterocycles. The van der Waals surface area contributed by atoms with Gasteiger partial charge in [-0.15, -0.1) is 0 Å². The molecular formula is C21H28N4O. The van der Waals surface area contributed by atoms with E-state index in [-0.39, 0.29) is 5.91 Å². The average Bonchev–Trinajstić information content (AvgIpc) is 3.19. The number of carbonyl (C=O) groups excluding carboxylic acids is 1. The van der Waals surface area contributed by atoms with Crippen molar-refractivity contribution in [3.8, 4) is 0 Å². The van der Waals surface area contributed by atoms with Gasteiger partial charge >= 0.3 is 0 Å². The summed E-state index contributed by atoms with van der Waals surface area (Å²) in [5.41, 5.74) is 4.86. The molecule has 1 fully saturated rings. The quantitative estimate of drug-likeness (QED) is 0.846. The number of nitrogens with zero attached hydrogens (tertiary/aromatic N) is 3. The Bertz CT molecular complexity index is 764. The van der Waals surface area contributed by atoms with Crippen molar-refractivity contribution >= 4 is 23.0 Å². The molecule has 2 heterocycles. The Morgan fingerprint density at radius 1 is 1.15 bits per heavy atom. The fraction of sp³-hybridized carbons (Fsp3) is 0.429. The van der Waals surface area contributed by atoms with Crippen LogP contribution in [-0.2, 0) is 0 Å². The lowest BCUT2D eigenvalue weighted by Gasteiger charge is -2.22. The van der Waals surface area contributed by atoms with Crippen LogP contribution in [0.25, 0.3) is 0 Å². The molecule has 0 bridgehead atoms. The first-order chi connectivity index (χ1) is 12.6. The molecule has 2 aromatic rings. The molecule has 3 rings (SSSR count). The van der Waals surface area contributed by atoms with Crippen molar-refractivity contribution in [2.45, 2.75) is 33.6 Å². The van der Waals surface area contributed by atoms with Crippen LogP contribution in [0.4, 0.5) is 17.1 Å². The second kappa shape index (κ2) is 8.21. The van der Waals surface area contributed by atoms with E-state index in [4.69, 9.17) is 0 Å². The first-order valence-corrected chi connectivity index (χ1v) is 9.50. The predicted octanol–water partition coefficient (Wildman–Crippen LogP) is 4.22. The van der Waals surface area contributed by atoms with E-state index in [9.17, 15) is 4.79 Å². The number of pyridine rings is 1. The summed E-state index contributed by atoms with van der Waals surface area (Å²) in [6, 6.07) is 10.2. The van der Waals surface area contributed by atoms with Crippen molar-refractivity contribution in [3.05, 3.63) is 47.8 Å². The van der Waals surface area contributed by atoms with Crippen molar-refractivity contribution in [3.63, 3.8) is 0 Å². The maximum atomic E-state index is 12.5. The summed E-state index contributed by atoms with van der Waals surface area (Å²) in [5.74, 6) is 0.0275. The normalized spacial score (nSPS) is 13.7. The smallest absolute Gasteiger partial charge is 0.272 e. The van der Waals surface area contributed by atoms with Crippen LogP contribution in [0.2, 0.25) is 0 Å². The molecule has 0 atom stereocenters. The van der Waals surface area contributed by atoms with Crippen LogP contribution >= 0.6 is 0 Å². The monoisotopic (exact) mass is 352 g/mol. The Labute approximate surface area is 156 Å². The van der Waals surface area contributed by atoms with Gasteiger partial charge < -0.3 is 15.1 Å². The van der Waals surface area contributed by atoms with Gasteiger partial charge in [-0.25, -0.2) is 0 Å². The van der Waals surface area contributed by atoms with E-state index in [2.05, 4.69) is 54.2 Å². The van der Waals surface area contributed by atoms with Crippen molar-refractivity contribution in [1.82, 2.24) is 9.88 Å². The Kier molecular flexibility index (Phi) is 5.76. The second-order valence-electron chi connectivity index (χ2n) is 6.73. The van der Waals surface area contributed by atoms with Gasteiger partial charge in [0.25, 0.3) is 5.91 Å². The van der Waals surface area contributed by atoms with E-state index < -0.39 is 0 Å². The lowest BCUT2D eigenvalue weighted by molar-refractivity contribution is 0.0787. The molecule has 0 radical (unpaired) electrons. The molecule has 1 aliphatic rings. The van der Waals surface area contributed by atoms with Gasteiger partial charge in [0.2, 0.25) is 0 Å². The van der Waals surface area contributed by atoms with E-state index in [1.807, 2.05) is 17.0 Å². The van der Waals surface area contributed by atoms with Crippen molar-refractivity contribution in [2.75, 3.05) is 36.4 Å². The van der Waals surface area contributed by atoms with Crippen LogP contribution in [0.3, 0.4) is 0 Å². The lowest BCUT2D eigenvalue weighted by atomic mass is 10.1. The van der Waals surface area contributed by atoms with Crippen LogP contribution < -0.4 is 10.2 Å². The predicted molar refractivity (Wildman–Crippen MR) is 107 cm³/mol. The fourth-order valence-electron chi connectivity index (χ4n) is 3.44. The lowest BCUT2D eigenvalue weighted by Crippen LogP contribution is -2.28. The Balaban J connectivity index is 1.76. The van der Waals surface area contributed by atoms with Crippen molar-refractivity contribution in [2.24, 2.45) is 0 Å². The first kappa shape index (κ1) is 18.2. The number of hydrogen-bond acceptors (Lipinski definition) is 4. The third-order valence-electron chi connectivity index (χ3n) is 4.99. The molecule has 5 nitrogen and oxygen atoms in total. The molecule has 0 spiro atoms. The van der Waals surface area contributed by atoms with E-state index in [1.165, 1.54) is 11.3 Å². The number of aryl methyl sites for hydroxylation is 1. The molecule has 5 heteroatoms. The average molecular weight is 352 g/mol. The summed E-state index contributed by atoms with van der Waals surface area (Å²) in [6.45, 7) is 10.1. The van der Waals surface area contributed by atoms with Gasteiger partial charge in [-0.05, 0) is 69.5 Å². The molecule has 0 unspecified atom stereocenters. The highest BCUT2D eigenvalue weighted by molar-refractivity contribution is 5.93. The SMILES string of the molecule is CCN(CC)c1ccc(Nc2ccnc(C(=O)N3CCCC3)c2)c(C)c1. The fourth-order valence-corrected chi connectivity index (χ4v) is 3.44. The van der Waals surface area contributed by atoms with Crippen LogP contribution in [0.15, 0.2) is 36.5 Å².